The van der Waals surface area contributed by atoms with E-state index in [-0.39, 0.29) is 0 Å². The lowest BCUT2D eigenvalue weighted by Gasteiger charge is -2.05. The number of rotatable bonds is 1. The van der Waals surface area contributed by atoms with Crippen molar-refractivity contribution in [2.24, 2.45) is 5.73 Å². The van der Waals surface area contributed by atoms with Crippen molar-refractivity contribution in [3.63, 3.8) is 0 Å². The number of furan rings is 1. The van der Waals surface area contributed by atoms with E-state index in [0.717, 1.165) is 11.0 Å². The molecule has 0 bridgehead atoms. The Morgan fingerprint density at radius 3 is 2.47 bits per heavy atom. The maximum atomic E-state index is 5.68. The van der Waals surface area contributed by atoms with Crippen molar-refractivity contribution in [1.82, 2.24) is 0 Å². The van der Waals surface area contributed by atoms with Crippen LogP contribution in [0.1, 0.15) is 30.5 Å². The molecule has 0 aliphatic rings. The minimum Gasteiger partial charge on any atom is -0.464 e. The molecular weight excluding hydrogens is 186 g/mol. The topological polar surface area (TPSA) is 39.2 Å². The molecule has 0 amide bonds. The predicted molar refractivity (Wildman–Crippen MR) is 64.9 cm³/mol. The highest BCUT2D eigenvalue weighted by Crippen LogP contribution is 2.26. The molecule has 0 aliphatic heterocycles. The second-order valence-corrected chi connectivity index (χ2v) is 3.36. The van der Waals surface area contributed by atoms with Crippen molar-refractivity contribution >= 4 is 11.0 Å². The summed E-state index contributed by atoms with van der Waals surface area (Å²) in [5.74, 6) is 0. The lowest BCUT2D eigenvalue weighted by atomic mass is 10.0. The summed E-state index contributed by atoms with van der Waals surface area (Å²) in [6.45, 7) is 8.71. The highest BCUT2D eigenvalue weighted by atomic mass is 16.3. The molecule has 0 atom stereocenters. The Hall–Kier alpha value is -1.28. The Balaban J connectivity index is 0.000000531. The molecule has 2 heteroatoms. The summed E-state index contributed by atoms with van der Waals surface area (Å²) >= 11 is 0. The fourth-order valence-corrected chi connectivity index (χ4v) is 1.81. The molecule has 0 saturated carbocycles. The zero-order valence-electron chi connectivity index (χ0n) is 9.92. The SMILES string of the molecule is CC.Cc1cc(C)c2occc2c1CN. The number of hydrogen-bond donors (Lipinski definition) is 1. The largest absolute Gasteiger partial charge is 0.464 e. The first-order valence-electron chi connectivity index (χ1n) is 5.40. The Labute approximate surface area is 91.1 Å². The van der Waals surface area contributed by atoms with E-state index in [0.29, 0.717) is 6.54 Å². The summed E-state index contributed by atoms with van der Waals surface area (Å²) in [6.07, 6.45) is 1.72. The van der Waals surface area contributed by atoms with Gasteiger partial charge in [0.05, 0.1) is 6.26 Å². The first-order valence-corrected chi connectivity index (χ1v) is 5.40. The Morgan fingerprint density at radius 1 is 1.20 bits per heavy atom. The second-order valence-electron chi connectivity index (χ2n) is 3.36. The van der Waals surface area contributed by atoms with E-state index in [1.165, 1.54) is 16.7 Å². The molecule has 1 heterocycles. The standard InChI is InChI=1S/C11H13NO.C2H6/c1-7-5-8(2)11-9(3-4-13-11)10(7)6-12;1-2/h3-5H,6,12H2,1-2H3;1-2H3. The maximum Gasteiger partial charge on any atom is 0.137 e. The van der Waals surface area contributed by atoms with Gasteiger partial charge in [-0.15, -0.1) is 0 Å². The van der Waals surface area contributed by atoms with Crippen molar-refractivity contribution < 1.29 is 4.42 Å². The first-order chi connectivity index (χ1) is 7.24. The van der Waals surface area contributed by atoms with Crippen LogP contribution in [-0.4, -0.2) is 0 Å². The van der Waals surface area contributed by atoms with Crippen molar-refractivity contribution in [2.75, 3.05) is 0 Å². The average molecular weight is 205 g/mol. The summed E-state index contributed by atoms with van der Waals surface area (Å²) in [7, 11) is 0. The Bertz CT molecular complexity index is 443. The zero-order chi connectivity index (χ0) is 11.4. The van der Waals surface area contributed by atoms with Gasteiger partial charge in [-0.25, -0.2) is 0 Å². The van der Waals surface area contributed by atoms with E-state index in [1.54, 1.807) is 6.26 Å². The molecule has 1 aromatic carbocycles. The molecule has 0 unspecified atom stereocenters. The van der Waals surface area contributed by atoms with Gasteiger partial charge in [0, 0.05) is 11.9 Å². The normalized spacial score (nSPS) is 9.93. The van der Waals surface area contributed by atoms with Gasteiger partial charge in [0.15, 0.2) is 0 Å². The predicted octanol–water partition coefficient (Wildman–Crippen LogP) is 3.53. The van der Waals surface area contributed by atoms with Crippen LogP contribution >= 0.6 is 0 Å². The fourth-order valence-electron chi connectivity index (χ4n) is 1.81. The van der Waals surface area contributed by atoms with E-state index in [9.17, 15) is 0 Å². The third-order valence-corrected chi connectivity index (χ3v) is 2.46. The molecule has 82 valence electrons. The van der Waals surface area contributed by atoms with Gasteiger partial charge in [0.2, 0.25) is 0 Å². The molecular formula is C13H19NO. The van der Waals surface area contributed by atoms with Crippen LogP contribution in [0.4, 0.5) is 0 Å². The van der Waals surface area contributed by atoms with Gasteiger partial charge in [0.25, 0.3) is 0 Å². The number of fused-ring (bicyclic) bond motifs is 1. The van der Waals surface area contributed by atoms with E-state index < -0.39 is 0 Å². The molecule has 0 saturated heterocycles. The van der Waals surface area contributed by atoms with Crippen molar-refractivity contribution in [1.29, 1.82) is 0 Å². The van der Waals surface area contributed by atoms with Crippen LogP contribution in [-0.2, 0) is 6.54 Å². The second kappa shape index (κ2) is 4.99. The molecule has 2 rings (SSSR count). The van der Waals surface area contributed by atoms with Crippen molar-refractivity contribution in [3.05, 3.63) is 35.1 Å². The lowest BCUT2D eigenvalue weighted by Crippen LogP contribution is -2.00. The summed E-state index contributed by atoms with van der Waals surface area (Å²) in [4.78, 5) is 0. The quantitative estimate of drug-likeness (QED) is 0.773. The van der Waals surface area contributed by atoms with Gasteiger partial charge >= 0.3 is 0 Å². The van der Waals surface area contributed by atoms with E-state index in [2.05, 4.69) is 19.9 Å². The molecule has 0 fully saturated rings. The summed E-state index contributed by atoms with van der Waals surface area (Å²) in [5, 5.41) is 1.15. The zero-order valence-corrected chi connectivity index (χ0v) is 9.92. The molecule has 2 N–H and O–H groups in total. The molecule has 1 aromatic heterocycles. The molecule has 0 aliphatic carbocycles. The third kappa shape index (κ3) is 2.05. The number of hydrogen-bond acceptors (Lipinski definition) is 2. The van der Waals surface area contributed by atoms with Crippen LogP contribution in [0.2, 0.25) is 0 Å². The van der Waals surface area contributed by atoms with E-state index in [4.69, 9.17) is 10.2 Å². The van der Waals surface area contributed by atoms with Crippen LogP contribution in [0, 0.1) is 13.8 Å². The number of aryl methyl sites for hydroxylation is 2. The third-order valence-electron chi connectivity index (χ3n) is 2.46. The molecule has 2 nitrogen and oxygen atoms in total. The lowest BCUT2D eigenvalue weighted by molar-refractivity contribution is 0.613. The summed E-state index contributed by atoms with van der Waals surface area (Å²) in [6, 6.07) is 4.10. The minimum atomic E-state index is 0.572. The first kappa shape index (κ1) is 11.8. The molecule has 2 aromatic rings. The smallest absolute Gasteiger partial charge is 0.137 e. The highest BCUT2D eigenvalue weighted by Gasteiger charge is 2.07. The van der Waals surface area contributed by atoms with Crippen LogP contribution in [0.15, 0.2) is 22.8 Å². The van der Waals surface area contributed by atoms with Crippen molar-refractivity contribution in [3.8, 4) is 0 Å². The van der Waals surface area contributed by atoms with Gasteiger partial charge in [-0.2, -0.15) is 0 Å². The molecule has 0 spiro atoms. The summed E-state index contributed by atoms with van der Waals surface area (Å²) < 4.78 is 5.39. The monoisotopic (exact) mass is 205 g/mol. The van der Waals surface area contributed by atoms with Gasteiger partial charge in [0.1, 0.15) is 5.58 Å². The maximum absolute atomic E-state index is 5.68. The van der Waals surface area contributed by atoms with Crippen LogP contribution in [0.5, 0.6) is 0 Å². The van der Waals surface area contributed by atoms with E-state index in [1.807, 2.05) is 19.9 Å². The van der Waals surface area contributed by atoms with Crippen LogP contribution in [0.25, 0.3) is 11.0 Å². The number of benzene rings is 1. The Morgan fingerprint density at radius 2 is 1.87 bits per heavy atom. The number of nitrogens with two attached hydrogens (primary N) is 1. The van der Waals surface area contributed by atoms with Gasteiger partial charge in [-0.1, -0.05) is 19.9 Å². The Kier molecular flexibility index (Phi) is 3.92. The highest BCUT2D eigenvalue weighted by molar-refractivity contribution is 5.84. The van der Waals surface area contributed by atoms with E-state index >= 15 is 0 Å². The molecule has 15 heavy (non-hydrogen) atoms. The van der Waals surface area contributed by atoms with Gasteiger partial charge < -0.3 is 10.2 Å². The fraction of sp³-hybridized carbons (Fsp3) is 0.385. The van der Waals surface area contributed by atoms with Crippen LogP contribution in [0.3, 0.4) is 0 Å². The summed E-state index contributed by atoms with van der Waals surface area (Å²) in [5.41, 5.74) is 10.3. The van der Waals surface area contributed by atoms with Gasteiger partial charge in [-0.3, -0.25) is 0 Å². The van der Waals surface area contributed by atoms with Gasteiger partial charge in [-0.05, 0) is 36.6 Å². The van der Waals surface area contributed by atoms with Crippen molar-refractivity contribution in [2.45, 2.75) is 34.2 Å². The minimum absolute atomic E-state index is 0.572. The van der Waals surface area contributed by atoms with Crippen LogP contribution < -0.4 is 5.73 Å². The molecule has 0 radical (unpaired) electrons. The average Bonchev–Trinajstić information content (AvgIpc) is 2.70.